The van der Waals surface area contributed by atoms with Crippen LogP contribution >= 0.6 is 0 Å². The van der Waals surface area contributed by atoms with E-state index in [1.165, 1.54) is 6.92 Å². The highest BCUT2D eigenvalue weighted by Crippen LogP contribution is 2.89. The van der Waals surface area contributed by atoms with Crippen molar-refractivity contribution in [1.82, 2.24) is 0 Å². The van der Waals surface area contributed by atoms with Crippen molar-refractivity contribution in [2.24, 2.45) is 44.8 Å². The van der Waals surface area contributed by atoms with Crippen LogP contribution in [0.5, 0.6) is 0 Å². The molecule has 0 radical (unpaired) electrons. The molecule has 10 nitrogen and oxygen atoms in total. The van der Waals surface area contributed by atoms with Gasteiger partial charge in [-0.05, 0) is 112 Å². The summed E-state index contributed by atoms with van der Waals surface area (Å²) >= 11 is 0. The van der Waals surface area contributed by atoms with Crippen molar-refractivity contribution in [2.75, 3.05) is 6.61 Å². The van der Waals surface area contributed by atoms with Gasteiger partial charge >= 0.3 is 5.97 Å². The molecule has 7 rings (SSSR count). The lowest BCUT2D eigenvalue weighted by Crippen LogP contribution is -2.62. The number of carbonyl (C=O) groups is 1. The summed E-state index contributed by atoms with van der Waals surface area (Å²) in [4.78, 5) is 12.7. The molecule has 16 atom stereocenters. The van der Waals surface area contributed by atoms with Crippen LogP contribution in [0.15, 0.2) is 0 Å². The highest BCUT2D eigenvalue weighted by molar-refractivity contribution is 5.66. The predicted octanol–water partition coefficient (Wildman–Crippen LogP) is 3.47. The van der Waals surface area contributed by atoms with Crippen molar-refractivity contribution in [3.8, 4) is 0 Å². The lowest BCUT2D eigenvalue weighted by Gasteiger charge is -2.64. The summed E-state index contributed by atoms with van der Waals surface area (Å²) in [5.41, 5.74) is -2.49. The third kappa shape index (κ3) is 4.47. The van der Waals surface area contributed by atoms with Gasteiger partial charge in [0, 0.05) is 18.3 Å². The Morgan fingerprint density at radius 2 is 1.49 bits per heavy atom. The first-order valence-electron chi connectivity index (χ1n) is 18.3. The van der Waals surface area contributed by atoms with E-state index in [0.29, 0.717) is 12.3 Å². The second-order valence-electron chi connectivity index (χ2n) is 18.7. The molecule has 7 fully saturated rings. The SMILES string of the molecule is CC(=O)O[C@H]1[C@H](O)[C@@H]([C@]2(C)CC[C@H](C(C)(C)O)O2)[C@@]2(C)CC[C@@]34C[C@@]35CC[C@H](O[C@@H]3OC[C@@H](O)[C@H](O)[C@H]3O)C(C)(C)[C@H]5CC[C@H]4[C@]12C. The molecule has 0 aromatic rings. The summed E-state index contributed by atoms with van der Waals surface area (Å²) in [6, 6.07) is 0. The molecule has 0 amide bonds. The van der Waals surface area contributed by atoms with Crippen molar-refractivity contribution in [3.63, 3.8) is 0 Å². The Kier molecular flexibility index (Phi) is 7.80. The van der Waals surface area contributed by atoms with Gasteiger partial charge in [-0.3, -0.25) is 4.79 Å². The highest BCUT2D eigenvalue weighted by Gasteiger charge is 2.85. The minimum Gasteiger partial charge on any atom is -0.459 e. The number of aliphatic hydroxyl groups is 5. The molecule has 2 aliphatic heterocycles. The van der Waals surface area contributed by atoms with Crippen molar-refractivity contribution in [2.45, 2.75) is 173 Å². The van der Waals surface area contributed by atoms with Crippen molar-refractivity contribution in [1.29, 1.82) is 0 Å². The summed E-state index contributed by atoms with van der Waals surface area (Å²) in [7, 11) is 0. The Morgan fingerprint density at radius 3 is 2.13 bits per heavy atom. The highest BCUT2D eigenvalue weighted by atomic mass is 16.7. The summed E-state index contributed by atoms with van der Waals surface area (Å²) in [5.74, 6) is 0.0227. The molecule has 2 saturated heterocycles. The lowest BCUT2D eigenvalue weighted by atomic mass is 9.41. The van der Waals surface area contributed by atoms with Gasteiger partial charge in [0.1, 0.15) is 24.4 Å². The van der Waals surface area contributed by atoms with Gasteiger partial charge in [-0.2, -0.15) is 0 Å². The second kappa shape index (κ2) is 10.6. The first-order valence-corrected chi connectivity index (χ1v) is 18.3. The lowest BCUT2D eigenvalue weighted by molar-refractivity contribution is -0.303. The van der Waals surface area contributed by atoms with Crippen LogP contribution < -0.4 is 0 Å². The topological polar surface area (TPSA) is 155 Å². The first-order chi connectivity index (χ1) is 21.7. The van der Waals surface area contributed by atoms with Gasteiger partial charge in [-0.1, -0.05) is 27.7 Å². The van der Waals surface area contributed by atoms with Crippen molar-refractivity contribution >= 4 is 5.97 Å². The summed E-state index contributed by atoms with van der Waals surface area (Å²) in [6.07, 6.45) is 1.51. The van der Waals surface area contributed by atoms with Gasteiger partial charge in [0.2, 0.25) is 0 Å². The number of rotatable bonds is 5. The maximum atomic E-state index is 12.7. The molecule has 47 heavy (non-hydrogen) atoms. The van der Waals surface area contributed by atoms with E-state index in [1.54, 1.807) is 13.8 Å². The van der Waals surface area contributed by atoms with Crippen LogP contribution in [-0.2, 0) is 23.7 Å². The molecule has 5 N–H and O–H groups in total. The fraction of sp³-hybridized carbons (Fsp3) is 0.973. The maximum Gasteiger partial charge on any atom is 0.303 e. The number of carbonyl (C=O) groups excluding carboxylic acids is 1. The van der Waals surface area contributed by atoms with Crippen LogP contribution in [-0.4, -0.2) is 98.3 Å². The Morgan fingerprint density at radius 1 is 0.830 bits per heavy atom. The van der Waals surface area contributed by atoms with Crippen LogP contribution in [0.2, 0.25) is 0 Å². The fourth-order valence-corrected chi connectivity index (χ4v) is 13.7. The van der Waals surface area contributed by atoms with Crippen LogP contribution in [0.3, 0.4) is 0 Å². The van der Waals surface area contributed by atoms with Gasteiger partial charge in [-0.25, -0.2) is 0 Å². The van der Waals surface area contributed by atoms with E-state index in [1.807, 2.05) is 0 Å². The van der Waals surface area contributed by atoms with Crippen LogP contribution in [0, 0.1) is 44.8 Å². The third-order valence-corrected chi connectivity index (χ3v) is 15.9. The van der Waals surface area contributed by atoms with E-state index >= 15 is 0 Å². The molecule has 0 aromatic heterocycles. The zero-order valence-electron chi connectivity index (χ0n) is 29.7. The molecule has 10 heteroatoms. The smallest absolute Gasteiger partial charge is 0.303 e. The summed E-state index contributed by atoms with van der Waals surface area (Å²) in [5, 5.41) is 54.0. The summed E-state index contributed by atoms with van der Waals surface area (Å²) in [6.45, 7) is 16.2. The quantitative estimate of drug-likeness (QED) is 0.218. The normalized spacial score (nSPS) is 56.6. The van der Waals surface area contributed by atoms with Crippen molar-refractivity contribution < 1.29 is 49.3 Å². The number of esters is 1. The Hall–Kier alpha value is -0.850. The zero-order valence-corrected chi connectivity index (χ0v) is 29.7. The third-order valence-electron chi connectivity index (χ3n) is 15.9. The number of fused-ring (bicyclic) bond motifs is 2. The van der Waals surface area contributed by atoms with E-state index in [2.05, 4.69) is 34.6 Å². The van der Waals surface area contributed by atoms with E-state index < -0.39 is 53.4 Å². The van der Waals surface area contributed by atoms with E-state index in [0.717, 1.165) is 51.4 Å². The molecule has 0 unspecified atom stereocenters. The molecule has 2 heterocycles. The molecule has 5 aliphatic carbocycles. The molecular weight excluding hydrogens is 604 g/mol. The second-order valence-corrected chi connectivity index (χ2v) is 18.7. The number of aliphatic hydroxyl groups excluding tert-OH is 4. The minimum absolute atomic E-state index is 0.0770. The fourth-order valence-electron chi connectivity index (χ4n) is 13.7. The number of hydrogen-bond acceptors (Lipinski definition) is 10. The Bertz CT molecular complexity index is 1270. The van der Waals surface area contributed by atoms with E-state index in [9.17, 15) is 30.3 Å². The van der Waals surface area contributed by atoms with E-state index in [-0.39, 0.29) is 58.3 Å². The van der Waals surface area contributed by atoms with Gasteiger partial charge in [0.05, 0.1) is 36.1 Å². The van der Waals surface area contributed by atoms with Gasteiger partial charge in [-0.15, -0.1) is 0 Å². The van der Waals surface area contributed by atoms with Crippen molar-refractivity contribution in [3.05, 3.63) is 0 Å². The molecule has 268 valence electrons. The molecule has 0 aromatic carbocycles. The van der Waals surface area contributed by atoms with E-state index in [4.69, 9.17) is 18.9 Å². The molecule has 2 spiro atoms. The van der Waals surface area contributed by atoms with Crippen LogP contribution in [0.4, 0.5) is 0 Å². The Balaban J connectivity index is 1.19. The molecular formula is C37H60O10. The average molecular weight is 665 g/mol. The number of hydrogen-bond donors (Lipinski definition) is 5. The molecule has 5 saturated carbocycles. The molecule has 0 bridgehead atoms. The zero-order chi connectivity index (χ0) is 34.3. The monoisotopic (exact) mass is 664 g/mol. The first kappa shape index (κ1) is 34.6. The predicted molar refractivity (Wildman–Crippen MR) is 171 cm³/mol. The number of ether oxygens (including phenoxy) is 4. The standard InChI is InChI=1S/C37H60O10/c1-19(38)45-29-27(42)28(34(7)13-11-24(47-34)32(4,5)43)33(6)15-16-37-18-36(37)14-12-23(46-30-26(41)25(40)20(39)17-44-30)31(2,3)21(36)9-10-22(37)35(29,33)8/h20-30,39-43H,9-18H2,1-8H3/t20-,21-,22+,23+,24-,25+,26-,27-,28-,29+,30+,33-,34+,35-,36-,37+/m1/s1. The Labute approximate surface area is 279 Å². The molecule has 7 aliphatic rings. The minimum atomic E-state index is -1.31. The van der Waals surface area contributed by atoms with Crippen LogP contribution in [0.1, 0.15) is 113 Å². The van der Waals surface area contributed by atoms with Gasteiger partial charge in [0.15, 0.2) is 6.29 Å². The van der Waals surface area contributed by atoms with Gasteiger partial charge < -0.3 is 44.5 Å². The maximum absolute atomic E-state index is 12.7. The summed E-state index contributed by atoms with van der Waals surface area (Å²) < 4.78 is 25.1. The van der Waals surface area contributed by atoms with Crippen LogP contribution in [0.25, 0.3) is 0 Å². The largest absolute Gasteiger partial charge is 0.459 e. The average Bonchev–Trinajstić information content (AvgIpc) is 3.40. The van der Waals surface area contributed by atoms with Gasteiger partial charge in [0.25, 0.3) is 0 Å².